The van der Waals surface area contributed by atoms with Crippen molar-refractivity contribution < 1.29 is 4.42 Å². The van der Waals surface area contributed by atoms with E-state index in [0.717, 1.165) is 38.0 Å². The number of pyridine rings is 1. The molecular formula is C21H20N6O. The third-order valence-electron chi connectivity index (χ3n) is 5.23. The zero-order valence-electron chi connectivity index (χ0n) is 15.4. The Kier molecular flexibility index (Phi) is 4.50. The first-order valence-corrected chi connectivity index (χ1v) is 9.51. The highest BCUT2D eigenvalue weighted by Gasteiger charge is 2.25. The summed E-state index contributed by atoms with van der Waals surface area (Å²) in [7, 11) is 0. The molecule has 1 aliphatic heterocycles. The molecule has 1 saturated heterocycles. The normalized spacial score (nSPS) is 15.9. The maximum absolute atomic E-state index is 5.86. The molecule has 1 aromatic carbocycles. The van der Waals surface area contributed by atoms with Crippen LogP contribution >= 0.6 is 0 Å². The highest BCUT2D eigenvalue weighted by molar-refractivity contribution is 5.78. The lowest BCUT2D eigenvalue weighted by atomic mass is 9.96. The minimum absolute atomic E-state index is 0.301. The van der Waals surface area contributed by atoms with E-state index in [4.69, 9.17) is 4.42 Å². The predicted molar refractivity (Wildman–Crippen MR) is 104 cm³/mol. The van der Waals surface area contributed by atoms with Crippen molar-refractivity contribution in [3.8, 4) is 11.6 Å². The number of likely N-dealkylation sites (tertiary alicyclic amines) is 1. The first-order valence-electron chi connectivity index (χ1n) is 9.51. The fraction of sp³-hybridized carbons (Fsp3) is 0.286. The van der Waals surface area contributed by atoms with Crippen LogP contribution in [0.25, 0.3) is 22.5 Å². The lowest BCUT2D eigenvalue weighted by Crippen LogP contribution is -2.32. The van der Waals surface area contributed by atoms with Gasteiger partial charge in [-0.15, -0.1) is 10.2 Å². The van der Waals surface area contributed by atoms with Crippen LogP contribution in [0.5, 0.6) is 0 Å². The van der Waals surface area contributed by atoms with Gasteiger partial charge in [-0.25, -0.2) is 4.98 Å². The number of hydrogen-bond acceptors (Lipinski definition) is 7. The van der Waals surface area contributed by atoms with Crippen molar-refractivity contribution in [3.05, 3.63) is 66.6 Å². The molecule has 7 nitrogen and oxygen atoms in total. The average Bonchev–Trinajstić information content (AvgIpc) is 3.25. The Labute approximate surface area is 162 Å². The van der Waals surface area contributed by atoms with Gasteiger partial charge < -0.3 is 4.42 Å². The van der Waals surface area contributed by atoms with Crippen molar-refractivity contribution in [3.63, 3.8) is 0 Å². The standard InChI is InChI=1S/C21H20N6O/c1-2-17-12-15(3-4-18(17)23-7-1)14-27-10-5-16(6-11-27)20-25-26-21(28-20)19-13-22-8-9-24-19/h1-4,7-9,12-13,16H,5-6,10-11,14H2. The zero-order valence-corrected chi connectivity index (χ0v) is 15.4. The summed E-state index contributed by atoms with van der Waals surface area (Å²) in [6.45, 7) is 2.98. The first kappa shape index (κ1) is 16.9. The molecule has 4 aromatic rings. The summed E-state index contributed by atoms with van der Waals surface area (Å²) in [4.78, 5) is 15.1. The van der Waals surface area contributed by atoms with Crippen LogP contribution in [0.1, 0.15) is 30.2 Å². The predicted octanol–water partition coefficient (Wildman–Crippen LogP) is 3.45. The van der Waals surface area contributed by atoms with Crippen LogP contribution in [-0.2, 0) is 6.54 Å². The number of nitrogens with zero attached hydrogens (tertiary/aromatic N) is 6. The summed E-state index contributed by atoms with van der Waals surface area (Å²) in [5.41, 5.74) is 2.98. The van der Waals surface area contributed by atoms with Crippen molar-refractivity contribution in [1.29, 1.82) is 0 Å². The van der Waals surface area contributed by atoms with Crippen LogP contribution in [-0.4, -0.2) is 43.1 Å². The second-order valence-corrected chi connectivity index (χ2v) is 7.12. The minimum Gasteiger partial charge on any atom is -0.419 e. The van der Waals surface area contributed by atoms with Gasteiger partial charge in [0.25, 0.3) is 5.89 Å². The molecule has 28 heavy (non-hydrogen) atoms. The molecule has 1 aliphatic rings. The molecule has 7 heteroatoms. The Morgan fingerprint density at radius 3 is 2.79 bits per heavy atom. The van der Waals surface area contributed by atoms with Crippen LogP contribution < -0.4 is 0 Å². The van der Waals surface area contributed by atoms with E-state index >= 15 is 0 Å². The molecular weight excluding hydrogens is 352 g/mol. The summed E-state index contributed by atoms with van der Waals surface area (Å²) in [6, 6.07) is 10.6. The third kappa shape index (κ3) is 3.48. The SMILES string of the molecule is c1cnc2ccc(CN3CCC(c4nnc(-c5cnccn5)o4)CC3)cc2c1. The van der Waals surface area contributed by atoms with Crippen molar-refractivity contribution >= 4 is 10.9 Å². The van der Waals surface area contributed by atoms with E-state index < -0.39 is 0 Å². The van der Waals surface area contributed by atoms with E-state index in [2.05, 4.69) is 54.3 Å². The van der Waals surface area contributed by atoms with Gasteiger partial charge >= 0.3 is 0 Å². The largest absolute Gasteiger partial charge is 0.419 e. The van der Waals surface area contributed by atoms with E-state index in [1.807, 2.05) is 12.3 Å². The fourth-order valence-corrected chi connectivity index (χ4v) is 3.73. The molecule has 5 rings (SSSR count). The molecule has 4 heterocycles. The molecule has 3 aromatic heterocycles. The Balaban J connectivity index is 1.22. The third-order valence-corrected chi connectivity index (χ3v) is 5.23. The molecule has 0 amide bonds. The highest BCUT2D eigenvalue weighted by Crippen LogP contribution is 2.29. The minimum atomic E-state index is 0.301. The lowest BCUT2D eigenvalue weighted by molar-refractivity contribution is 0.193. The summed E-state index contributed by atoms with van der Waals surface area (Å²) in [6.07, 6.45) is 8.75. The van der Waals surface area contributed by atoms with E-state index in [0.29, 0.717) is 23.4 Å². The van der Waals surface area contributed by atoms with E-state index in [9.17, 15) is 0 Å². The second-order valence-electron chi connectivity index (χ2n) is 7.12. The van der Waals surface area contributed by atoms with Crippen molar-refractivity contribution in [2.45, 2.75) is 25.3 Å². The maximum atomic E-state index is 5.86. The van der Waals surface area contributed by atoms with Gasteiger partial charge in [0.2, 0.25) is 5.89 Å². The van der Waals surface area contributed by atoms with E-state index in [1.165, 1.54) is 10.9 Å². The van der Waals surface area contributed by atoms with Gasteiger partial charge in [-0.3, -0.25) is 14.9 Å². The van der Waals surface area contributed by atoms with Gasteiger partial charge in [0.15, 0.2) is 0 Å². The zero-order chi connectivity index (χ0) is 18.8. The number of fused-ring (bicyclic) bond motifs is 1. The number of benzene rings is 1. The lowest BCUT2D eigenvalue weighted by Gasteiger charge is -2.30. The molecule has 0 unspecified atom stereocenters. The molecule has 0 spiro atoms. The number of aromatic nitrogens is 5. The summed E-state index contributed by atoms with van der Waals surface area (Å²) >= 11 is 0. The Bertz CT molecular complexity index is 1070. The van der Waals surface area contributed by atoms with Gasteiger partial charge in [-0.1, -0.05) is 12.1 Å². The van der Waals surface area contributed by atoms with Crippen molar-refractivity contribution in [2.24, 2.45) is 0 Å². The molecule has 140 valence electrons. The monoisotopic (exact) mass is 372 g/mol. The maximum Gasteiger partial charge on any atom is 0.267 e. The highest BCUT2D eigenvalue weighted by atomic mass is 16.4. The van der Waals surface area contributed by atoms with Crippen LogP contribution in [0, 0.1) is 0 Å². The molecule has 0 saturated carbocycles. The smallest absolute Gasteiger partial charge is 0.267 e. The Hall–Kier alpha value is -3.19. The summed E-state index contributed by atoms with van der Waals surface area (Å²) in [5.74, 6) is 1.45. The van der Waals surface area contributed by atoms with E-state index in [-0.39, 0.29) is 0 Å². The van der Waals surface area contributed by atoms with Crippen molar-refractivity contribution in [2.75, 3.05) is 13.1 Å². The molecule has 0 N–H and O–H groups in total. The van der Waals surface area contributed by atoms with Crippen LogP contribution in [0.4, 0.5) is 0 Å². The second kappa shape index (κ2) is 7.44. The molecule has 0 radical (unpaired) electrons. The summed E-state index contributed by atoms with van der Waals surface area (Å²) in [5, 5.41) is 9.58. The van der Waals surface area contributed by atoms with Gasteiger partial charge in [0.1, 0.15) is 5.69 Å². The van der Waals surface area contributed by atoms with Crippen LogP contribution in [0.3, 0.4) is 0 Å². The van der Waals surface area contributed by atoms with Gasteiger partial charge in [0, 0.05) is 36.4 Å². The van der Waals surface area contributed by atoms with Crippen molar-refractivity contribution in [1.82, 2.24) is 30.0 Å². The quantitative estimate of drug-likeness (QED) is 0.543. The fourth-order valence-electron chi connectivity index (χ4n) is 3.73. The molecule has 0 aliphatic carbocycles. The molecule has 1 fully saturated rings. The van der Waals surface area contributed by atoms with Gasteiger partial charge in [-0.2, -0.15) is 0 Å². The Morgan fingerprint density at radius 1 is 1.00 bits per heavy atom. The summed E-state index contributed by atoms with van der Waals surface area (Å²) < 4.78 is 5.86. The van der Waals surface area contributed by atoms with E-state index in [1.54, 1.807) is 18.6 Å². The van der Waals surface area contributed by atoms with Crippen LogP contribution in [0.2, 0.25) is 0 Å². The van der Waals surface area contributed by atoms with Crippen LogP contribution in [0.15, 0.2) is 59.5 Å². The number of hydrogen-bond donors (Lipinski definition) is 0. The molecule has 0 bridgehead atoms. The first-order chi connectivity index (χ1) is 13.8. The topological polar surface area (TPSA) is 80.8 Å². The number of rotatable bonds is 4. The van der Waals surface area contributed by atoms with Gasteiger partial charge in [0.05, 0.1) is 11.7 Å². The number of piperidine rings is 1. The molecule has 0 atom stereocenters. The van der Waals surface area contributed by atoms with Gasteiger partial charge in [-0.05, 0) is 49.7 Å². The Morgan fingerprint density at radius 2 is 1.93 bits per heavy atom. The average molecular weight is 372 g/mol.